The minimum Gasteiger partial charge on any atom is -0.466 e. The summed E-state index contributed by atoms with van der Waals surface area (Å²) in [7, 11) is 0. The minimum atomic E-state index is -0.471. The Morgan fingerprint density at radius 3 is 1.44 bits per heavy atom. The first-order valence-corrected chi connectivity index (χ1v) is 12.0. The molecule has 0 fully saturated rings. The van der Waals surface area contributed by atoms with Crippen LogP contribution in [-0.4, -0.2) is 37.7 Å². The van der Waals surface area contributed by atoms with E-state index in [9.17, 15) is 14.4 Å². The molecular formula is C26H42O6. The van der Waals surface area contributed by atoms with Crippen molar-refractivity contribution in [1.29, 1.82) is 0 Å². The Labute approximate surface area is 194 Å². The molecule has 32 heavy (non-hydrogen) atoms. The van der Waals surface area contributed by atoms with Crippen molar-refractivity contribution >= 4 is 17.9 Å². The summed E-state index contributed by atoms with van der Waals surface area (Å²) in [4.78, 5) is 34.2. The van der Waals surface area contributed by atoms with Gasteiger partial charge in [0.1, 0.15) is 0 Å². The number of hydrogen-bond donors (Lipinski definition) is 0. The van der Waals surface area contributed by atoms with Gasteiger partial charge in [0.2, 0.25) is 0 Å². The lowest BCUT2D eigenvalue weighted by Gasteiger charge is -2.09. The molecule has 182 valence electrons. The van der Waals surface area contributed by atoms with Gasteiger partial charge in [0.25, 0.3) is 0 Å². The summed E-state index contributed by atoms with van der Waals surface area (Å²) in [6.45, 7) is 9.04. The van der Waals surface area contributed by atoms with Crippen molar-refractivity contribution in [3.8, 4) is 0 Å². The van der Waals surface area contributed by atoms with E-state index < -0.39 is 11.9 Å². The topological polar surface area (TPSA) is 78.9 Å². The number of unbranched alkanes of at least 4 members (excludes halogenated alkanes) is 7. The van der Waals surface area contributed by atoms with Crippen LogP contribution in [0.4, 0.5) is 0 Å². The first-order valence-electron chi connectivity index (χ1n) is 12.0. The molecule has 0 saturated heterocycles. The van der Waals surface area contributed by atoms with Crippen molar-refractivity contribution in [3.05, 3.63) is 35.4 Å². The molecule has 0 heterocycles. The molecule has 0 amide bonds. The molecule has 1 aromatic carbocycles. The molecule has 1 rings (SSSR count). The monoisotopic (exact) mass is 450 g/mol. The van der Waals surface area contributed by atoms with E-state index in [4.69, 9.17) is 14.2 Å². The standard InChI is InChI=1S/C16H22O4.C10H20O2/c1-3-5-11-19-15(17)13-9-7-8-10-14(13)16(18)20-12-6-4-2;1-3-4-5-6-7-8-9-12-10(2)11/h7-10H,3-6,11-12H2,1-2H3;3-9H2,1-2H3. The largest absolute Gasteiger partial charge is 0.466 e. The molecule has 0 bridgehead atoms. The van der Waals surface area contributed by atoms with Crippen LogP contribution in [0.3, 0.4) is 0 Å². The van der Waals surface area contributed by atoms with Gasteiger partial charge in [-0.1, -0.05) is 77.8 Å². The first kappa shape index (κ1) is 29.6. The van der Waals surface area contributed by atoms with Crippen LogP contribution in [0.25, 0.3) is 0 Å². The molecule has 6 heteroatoms. The predicted molar refractivity (Wildman–Crippen MR) is 127 cm³/mol. The summed E-state index contributed by atoms with van der Waals surface area (Å²) in [5.41, 5.74) is 0.537. The lowest BCUT2D eigenvalue weighted by Crippen LogP contribution is -2.14. The molecule has 6 nitrogen and oxygen atoms in total. The van der Waals surface area contributed by atoms with Crippen molar-refractivity contribution in [2.24, 2.45) is 0 Å². The van der Waals surface area contributed by atoms with Gasteiger partial charge in [-0.05, 0) is 31.4 Å². The summed E-state index contributed by atoms with van der Waals surface area (Å²) in [6, 6.07) is 6.59. The third-order valence-corrected chi connectivity index (χ3v) is 4.63. The van der Waals surface area contributed by atoms with Gasteiger partial charge in [0.15, 0.2) is 0 Å². The van der Waals surface area contributed by atoms with Crippen LogP contribution in [0.2, 0.25) is 0 Å². The second-order valence-electron chi connectivity index (χ2n) is 7.63. The Kier molecular flexibility index (Phi) is 19.0. The fourth-order valence-corrected chi connectivity index (χ4v) is 2.71. The lowest BCUT2D eigenvalue weighted by molar-refractivity contribution is -0.141. The van der Waals surface area contributed by atoms with Crippen molar-refractivity contribution in [3.63, 3.8) is 0 Å². The molecule has 0 aliphatic carbocycles. The van der Waals surface area contributed by atoms with Crippen LogP contribution >= 0.6 is 0 Å². The van der Waals surface area contributed by atoms with E-state index in [1.807, 2.05) is 13.8 Å². The van der Waals surface area contributed by atoms with Crippen molar-refractivity contribution in [1.82, 2.24) is 0 Å². The Morgan fingerprint density at radius 1 is 0.594 bits per heavy atom. The quantitative estimate of drug-likeness (QED) is 0.172. The van der Waals surface area contributed by atoms with E-state index >= 15 is 0 Å². The van der Waals surface area contributed by atoms with Gasteiger partial charge in [-0.2, -0.15) is 0 Å². The molecule has 0 radical (unpaired) electrons. The summed E-state index contributed by atoms with van der Waals surface area (Å²) in [5, 5.41) is 0. The molecule has 0 atom stereocenters. The smallest absolute Gasteiger partial charge is 0.339 e. The van der Waals surface area contributed by atoms with Gasteiger partial charge in [-0.25, -0.2) is 9.59 Å². The molecule has 0 aliphatic heterocycles. The second kappa shape index (κ2) is 20.5. The van der Waals surface area contributed by atoms with Crippen molar-refractivity contribution in [2.45, 2.75) is 91.9 Å². The molecule has 1 aromatic rings. The van der Waals surface area contributed by atoms with Gasteiger partial charge in [0, 0.05) is 6.92 Å². The Bertz CT molecular complexity index is 600. The molecule has 0 N–H and O–H groups in total. The molecule has 0 spiro atoms. The van der Waals surface area contributed by atoms with Gasteiger partial charge < -0.3 is 14.2 Å². The van der Waals surface area contributed by atoms with Gasteiger partial charge in [0.05, 0.1) is 30.9 Å². The molecular weight excluding hydrogens is 408 g/mol. The number of ether oxygens (including phenoxy) is 3. The maximum Gasteiger partial charge on any atom is 0.339 e. The maximum absolute atomic E-state index is 11.9. The van der Waals surface area contributed by atoms with Gasteiger partial charge in [-0.3, -0.25) is 4.79 Å². The van der Waals surface area contributed by atoms with Crippen molar-refractivity contribution < 1.29 is 28.6 Å². The van der Waals surface area contributed by atoms with Gasteiger partial charge >= 0.3 is 17.9 Å². The molecule has 0 saturated carbocycles. The van der Waals surface area contributed by atoms with E-state index in [1.54, 1.807) is 24.3 Å². The van der Waals surface area contributed by atoms with Crippen LogP contribution in [0.1, 0.15) is 113 Å². The third-order valence-electron chi connectivity index (χ3n) is 4.63. The van der Waals surface area contributed by atoms with E-state index in [0.717, 1.165) is 32.1 Å². The van der Waals surface area contributed by atoms with E-state index in [-0.39, 0.29) is 17.1 Å². The number of rotatable bonds is 15. The zero-order chi connectivity index (χ0) is 24.0. The Morgan fingerprint density at radius 2 is 1.00 bits per heavy atom. The summed E-state index contributed by atoms with van der Waals surface area (Å²) < 4.78 is 15.1. The normalized spacial score (nSPS) is 10.0. The first-order chi connectivity index (χ1) is 15.5. The number of esters is 3. The molecule has 0 unspecified atom stereocenters. The third kappa shape index (κ3) is 15.4. The maximum atomic E-state index is 11.9. The van der Waals surface area contributed by atoms with E-state index in [1.165, 1.54) is 39.0 Å². The highest BCUT2D eigenvalue weighted by Crippen LogP contribution is 2.12. The molecule has 0 aliphatic rings. The van der Waals surface area contributed by atoms with Crippen LogP contribution < -0.4 is 0 Å². The SMILES string of the molecule is CCCCCCCCOC(C)=O.CCCCOC(=O)c1ccccc1C(=O)OCCCC. The van der Waals surface area contributed by atoms with E-state index in [0.29, 0.717) is 19.8 Å². The highest BCUT2D eigenvalue weighted by atomic mass is 16.5. The lowest BCUT2D eigenvalue weighted by atomic mass is 10.1. The molecule has 0 aromatic heterocycles. The fraction of sp³-hybridized carbons (Fsp3) is 0.654. The summed E-state index contributed by atoms with van der Waals surface area (Å²) >= 11 is 0. The predicted octanol–water partition coefficient (Wildman–Crippen LogP) is 6.51. The zero-order valence-corrected chi connectivity index (χ0v) is 20.5. The minimum absolute atomic E-state index is 0.163. The number of benzene rings is 1. The number of carbonyl (C=O) groups excluding carboxylic acids is 3. The average molecular weight is 451 g/mol. The number of carbonyl (C=O) groups is 3. The Hall–Kier alpha value is -2.37. The van der Waals surface area contributed by atoms with Crippen LogP contribution in [0.5, 0.6) is 0 Å². The van der Waals surface area contributed by atoms with Crippen LogP contribution in [-0.2, 0) is 19.0 Å². The number of hydrogen-bond acceptors (Lipinski definition) is 6. The average Bonchev–Trinajstić information content (AvgIpc) is 2.79. The highest BCUT2D eigenvalue weighted by Gasteiger charge is 2.18. The Balaban J connectivity index is 0.000000687. The second-order valence-corrected chi connectivity index (χ2v) is 7.63. The van der Waals surface area contributed by atoms with Crippen LogP contribution in [0, 0.1) is 0 Å². The van der Waals surface area contributed by atoms with Crippen LogP contribution in [0.15, 0.2) is 24.3 Å². The summed E-state index contributed by atoms with van der Waals surface area (Å²) in [5.74, 6) is -1.11. The summed E-state index contributed by atoms with van der Waals surface area (Å²) in [6.07, 6.45) is 10.9. The van der Waals surface area contributed by atoms with Gasteiger partial charge in [-0.15, -0.1) is 0 Å². The van der Waals surface area contributed by atoms with E-state index in [2.05, 4.69) is 6.92 Å². The zero-order valence-electron chi connectivity index (χ0n) is 20.5. The highest BCUT2D eigenvalue weighted by molar-refractivity contribution is 6.03. The van der Waals surface area contributed by atoms with Crippen molar-refractivity contribution in [2.75, 3.05) is 19.8 Å². The fourth-order valence-electron chi connectivity index (χ4n) is 2.71.